The first-order valence-electron chi connectivity index (χ1n) is 9.83. The van der Waals surface area contributed by atoms with Gasteiger partial charge in [0.25, 0.3) is 0 Å². The third-order valence-corrected chi connectivity index (χ3v) is 11.4. The molecule has 4 rings (SSSR count). The fourth-order valence-electron chi connectivity index (χ4n) is 5.63. The van der Waals surface area contributed by atoms with E-state index in [-0.39, 0.29) is 0 Å². The number of aliphatic imine (C=N–C) groups is 1. The molecule has 1 aromatic rings. The summed E-state index contributed by atoms with van der Waals surface area (Å²) in [6.07, 6.45) is 5.65. The van der Waals surface area contributed by atoms with Gasteiger partial charge in [0, 0.05) is 38.3 Å². The van der Waals surface area contributed by atoms with Crippen LogP contribution >= 0.6 is 0 Å². The molecule has 4 atom stereocenters. The third-order valence-electron chi connectivity index (χ3n) is 6.79. The van der Waals surface area contributed by atoms with Crippen LogP contribution in [0.15, 0.2) is 41.4 Å². The lowest BCUT2D eigenvalue weighted by molar-refractivity contribution is 0.343. The molecule has 2 fully saturated rings. The Kier molecular flexibility index (Phi) is 4.69. The molecule has 0 amide bonds. The van der Waals surface area contributed by atoms with Gasteiger partial charge in [0.1, 0.15) is 8.24 Å². The number of hydrogen-bond acceptors (Lipinski definition) is 3. The first-order valence-corrected chi connectivity index (χ1v) is 12.9. The van der Waals surface area contributed by atoms with E-state index in [1.165, 1.54) is 30.6 Å². The average Bonchev–Trinajstić information content (AvgIpc) is 2.99. The summed E-state index contributed by atoms with van der Waals surface area (Å²) in [6.45, 7) is 12.4. The summed E-state index contributed by atoms with van der Waals surface area (Å²) >= 11 is 0. The van der Waals surface area contributed by atoms with Crippen molar-refractivity contribution in [1.29, 1.82) is 0 Å². The van der Waals surface area contributed by atoms with Crippen LogP contribution < -0.4 is 5.32 Å². The molecule has 1 N–H and O–H groups in total. The highest BCUT2D eigenvalue weighted by Crippen LogP contribution is 2.53. The van der Waals surface area contributed by atoms with Gasteiger partial charge < -0.3 is 9.88 Å². The summed E-state index contributed by atoms with van der Waals surface area (Å²) in [4.78, 5) is 5.05. The third kappa shape index (κ3) is 3.05. The number of hydrogen-bond donors (Lipinski definition) is 1. The molecular formula is C21H31N3Si. The summed E-state index contributed by atoms with van der Waals surface area (Å²) < 4.78 is 2.84. The summed E-state index contributed by atoms with van der Waals surface area (Å²) in [5, 5.41) is 3.52. The Morgan fingerprint density at radius 3 is 2.56 bits per heavy atom. The van der Waals surface area contributed by atoms with E-state index in [9.17, 15) is 0 Å². The van der Waals surface area contributed by atoms with E-state index in [1.807, 2.05) is 0 Å². The van der Waals surface area contributed by atoms with Crippen LogP contribution in [0, 0.1) is 11.8 Å². The second-order valence-corrected chi connectivity index (χ2v) is 13.1. The second-order valence-electron chi connectivity index (χ2n) is 8.51. The average molecular weight is 354 g/mol. The Hall–Kier alpha value is -1.23. The molecule has 3 aliphatic rings. The number of rotatable bonds is 3. The quantitative estimate of drug-likeness (QED) is 0.840. The van der Waals surface area contributed by atoms with Crippen LogP contribution in [-0.4, -0.2) is 51.2 Å². The van der Waals surface area contributed by atoms with Crippen molar-refractivity contribution in [1.82, 2.24) is 9.88 Å². The van der Waals surface area contributed by atoms with Gasteiger partial charge in [-0.15, -0.1) is 0 Å². The molecule has 1 saturated carbocycles. The molecule has 1 aliphatic carbocycles. The van der Waals surface area contributed by atoms with E-state index in [2.05, 4.69) is 72.5 Å². The van der Waals surface area contributed by atoms with Crippen molar-refractivity contribution in [3.8, 4) is 0 Å². The lowest BCUT2D eigenvalue weighted by Crippen LogP contribution is -2.60. The van der Waals surface area contributed by atoms with Crippen LogP contribution in [-0.2, 0) is 0 Å². The van der Waals surface area contributed by atoms with Crippen LogP contribution in [0.4, 0.5) is 0 Å². The summed E-state index contributed by atoms with van der Waals surface area (Å²) in [5.74, 6) is 1.36. The molecule has 0 aromatic heterocycles. The monoisotopic (exact) mass is 353 g/mol. The van der Waals surface area contributed by atoms with Crippen LogP contribution in [0.25, 0.3) is 5.57 Å². The Morgan fingerprint density at radius 2 is 1.84 bits per heavy atom. The molecule has 134 valence electrons. The van der Waals surface area contributed by atoms with Gasteiger partial charge in [-0.3, -0.25) is 4.99 Å². The second kappa shape index (κ2) is 6.82. The maximum atomic E-state index is 5.05. The van der Waals surface area contributed by atoms with Crippen LogP contribution in [0.2, 0.25) is 18.6 Å². The normalized spacial score (nSPS) is 33.2. The van der Waals surface area contributed by atoms with Gasteiger partial charge in [-0.2, -0.15) is 0 Å². The molecule has 4 unspecified atom stereocenters. The molecule has 1 aromatic carbocycles. The van der Waals surface area contributed by atoms with Gasteiger partial charge in [-0.1, -0.05) is 50.3 Å². The highest BCUT2D eigenvalue weighted by Gasteiger charge is 2.53. The standard InChI is InChI=1S/C21H31N3Si/c1-16-15-19-18(17-7-5-4-6-8-17)9-10-23-20(19)21(16)25(2,3)24-13-11-22-12-14-24/h4-10,16,19-22H,11-15H2,1-3H3. The number of benzene rings is 1. The van der Waals surface area contributed by atoms with Crippen molar-refractivity contribution in [2.45, 2.75) is 38.0 Å². The number of nitrogens with one attached hydrogen (secondary N) is 1. The lowest BCUT2D eigenvalue weighted by Gasteiger charge is -2.46. The van der Waals surface area contributed by atoms with Gasteiger partial charge in [0.05, 0.1) is 6.04 Å². The van der Waals surface area contributed by atoms with Crippen molar-refractivity contribution >= 4 is 20.0 Å². The Balaban J connectivity index is 1.62. The van der Waals surface area contributed by atoms with Crippen molar-refractivity contribution < 1.29 is 0 Å². The zero-order valence-electron chi connectivity index (χ0n) is 15.8. The minimum absolute atomic E-state index is 0.478. The number of nitrogens with zero attached hydrogens (tertiary/aromatic N) is 2. The fourth-order valence-corrected chi connectivity index (χ4v) is 10.1. The van der Waals surface area contributed by atoms with E-state index >= 15 is 0 Å². The Morgan fingerprint density at radius 1 is 1.12 bits per heavy atom. The Labute approximate surface area is 153 Å². The topological polar surface area (TPSA) is 27.6 Å². The lowest BCUT2D eigenvalue weighted by atomic mass is 9.87. The zero-order valence-corrected chi connectivity index (χ0v) is 16.8. The predicted molar refractivity (Wildman–Crippen MR) is 110 cm³/mol. The Bertz CT molecular complexity index is 661. The highest BCUT2D eigenvalue weighted by atomic mass is 28.3. The first-order chi connectivity index (χ1) is 12.1. The van der Waals surface area contributed by atoms with Crippen molar-refractivity contribution in [3.63, 3.8) is 0 Å². The molecule has 2 aliphatic heterocycles. The first kappa shape index (κ1) is 17.2. The molecular weight excluding hydrogens is 322 g/mol. The van der Waals surface area contributed by atoms with E-state index in [0.717, 1.165) is 24.5 Å². The minimum Gasteiger partial charge on any atom is -0.321 e. The maximum Gasteiger partial charge on any atom is 0.127 e. The number of allylic oxidation sites excluding steroid dienone is 1. The predicted octanol–water partition coefficient (Wildman–Crippen LogP) is 3.66. The SMILES string of the molecule is CC1CC2C(c3ccccc3)=CC=NC2C1[Si](C)(C)N1CCNCC1. The molecule has 0 bridgehead atoms. The van der Waals surface area contributed by atoms with E-state index in [4.69, 9.17) is 4.99 Å². The van der Waals surface area contributed by atoms with Crippen LogP contribution in [0.5, 0.6) is 0 Å². The van der Waals surface area contributed by atoms with E-state index in [1.54, 1.807) is 0 Å². The smallest absolute Gasteiger partial charge is 0.127 e. The number of piperazine rings is 1. The fraction of sp³-hybridized carbons (Fsp3) is 0.571. The molecule has 1 saturated heterocycles. The van der Waals surface area contributed by atoms with Crippen molar-refractivity contribution in [3.05, 3.63) is 42.0 Å². The zero-order chi connectivity index (χ0) is 17.4. The van der Waals surface area contributed by atoms with Gasteiger partial charge >= 0.3 is 0 Å². The van der Waals surface area contributed by atoms with Gasteiger partial charge in [0.2, 0.25) is 0 Å². The van der Waals surface area contributed by atoms with Crippen molar-refractivity contribution in [2.75, 3.05) is 26.2 Å². The molecule has 3 nitrogen and oxygen atoms in total. The van der Waals surface area contributed by atoms with Crippen molar-refractivity contribution in [2.24, 2.45) is 16.8 Å². The van der Waals surface area contributed by atoms with E-state index < -0.39 is 8.24 Å². The largest absolute Gasteiger partial charge is 0.321 e. The molecule has 0 spiro atoms. The number of fused-ring (bicyclic) bond motifs is 1. The summed E-state index contributed by atoms with van der Waals surface area (Å²) in [5.41, 5.74) is 3.65. The van der Waals surface area contributed by atoms with Crippen LogP contribution in [0.1, 0.15) is 18.9 Å². The summed E-state index contributed by atoms with van der Waals surface area (Å²) in [6, 6.07) is 11.4. The molecule has 0 radical (unpaired) electrons. The maximum absolute atomic E-state index is 5.05. The van der Waals surface area contributed by atoms with Gasteiger partial charge in [-0.05, 0) is 35.1 Å². The van der Waals surface area contributed by atoms with Gasteiger partial charge in [-0.25, -0.2) is 0 Å². The molecule has 25 heavy (non-hydrogen) atoms. The van der Waals surface area contributed by atoms with Gasteiger partial charge in [0.15, 0.2) is 0 Å². The number of dihydropyridines is 1. The summed E-state index contributed by atoms with van der Waals surface area (Å²) in [7, 11) is -1.52. The highest BCUT2D eigenvalue weighted by molar-refractivity contribution is 6.76. The minimum atomic E-state index is -1.52. The van der Waals surface area contributed by atoms with E-state index in [0.29, 0.717) is 12.0 Å². The molecule has 4 heteroatoms. The van der Waals surface area contributed by atoms with Crippen LogP contribution in [0.3, 0.4) is 0 Å². The molecule has 2 heterocycles.